The molecule has 1 N–H and O–H groups in total. The molecule has 0 radical (unpaired) electrons. The third-order valence-corrected chi connectivity index (χ3v) is 5.23. The van der Waals surface area contributed by atoms with E-state index in [1.165, 1.54) is 9.21 Å². The van der Waals surface area contributed by atoms with Crippen molar-refractivity contribution in [3.63, 3.8) is 0 Å². The van der Waals surface area contributed by atoms with Gasteiger partial charge in [-0.3, -0.25) is 4.18 Å². The molecule has 3 saturated heterocycles. The number of rotatable bonds is 0. The van der Waals surface area contributed by atoms with Gasteiger partial charge in [0.25, 0.3) is 0 Å². The third kappa shape index (κ3) is 1.14. The van der Waals surface area contributed by atoms with Crippen molar-refractivity contribution in [2.45, 2.75) is 24.4 Å². The topological polar surface area (TPSA) is 87.1 Å². The molecule has 0 aromatic heterocycles. The minimum atomic E-state index is -3.63. The Labute approximate surface area is 92.8 Å². The van der Waals surface area contributed by atoms with Crippen LogP contribution < -0.4 is 0 Å². The summed E-state index contributed by atoms with van der Waals surface area (Å²) in [6, 6.07) is -0.252. The first-order chi connectivity index (χ1) is 7.45. The lowest BCUT2D eigenvalue weighted by atomic mass is 9.98. The van der Waals surface area contributed by atoms with E-state index in [1.54, 1.807) is 0 Å². The van der Waals surface area contributed by atoms with Crippen LogP contribution in [0.4, 0.5) is 4.79 Å². The van der Waals surface area contributed by atoms with Crippen molar-refractivity contribution in [1.29, 1.82) is 0 Å². The van der Waals surface area contributed by atoms with Crippen LogP contribution in [0, 0.1) is 0 Å². The largest absolute Gasteiger partial charge is 0.465 e. The van der Waals surface area contributed by atoms with Crippen molar-refractivity contribution in [3.05, 3.63) is 0 Å². The maximum absolute atomic E-state index is 11.7. The fraction of sp³-hybridized carbons (Fsp3) is 0.875. The Bertz CT molecular complexity index is 449. The van der Waals surface area contributed by atoms with Gasteiger partial charge < -0.3 is 10.0 Å². The fourth-order valence-corrected chi connectivity index (χ4v) is 4.72. The predicted molar refractivity (Wildman–Crippen MR) is 52.1 cm³/mol. The summed E-state index contributed by atoms with van der Waals surface area (Å²) in [6.07, 6.45) is 0.405. The first-order valence-corrected chi connectivity index (χ1v) is 6.48. The lowest BCUT2D eigenvalue weighted by Crippen LogP contribution is -2.61. The first kappa shape index (κ1) is 10.3. The van der Waals surface area contributed by atoms with Crippen molar-refractivity contribution in [3.8, 4) is 0 Å². The van der Waals surface area contributed by atoms with Gasteiger partial charge in [0.05, 0.1) is 12.1 Å². The van der Waals surface area contributed by atoms with Crippen molar-refractivity contribution in [2.75, 3.05) is 19.7 Å². The third-order valence-electron chi connectivity index (χ3n) is 3.65. The van der Waals surface area contributed by atoms with Crippen molar-refractivity contribution >= 4 is 16.4 Å². The Balaban J connectivity index is 2.00. The van der Waals surface area contributed by atoms with E-state index >= 15 is 0 Å². The number of likely N-dealkylation sites (tertiary alicyclic amines) is 1. The average molecular weight is 248 g/mol. The Morgan fingerprint density at radius 2 is 2.25 bits per heavy atom. The first-order valence-electron chi connectivity index (χ1n) is 5.11. The molecule has 2 bridgehead atoms. The van der Waals surface area contributed by atoms with Gasteiger partial charge in [-0.1, -0.05) is 0 Å². The highest BCUT2D eigenvalue weighted by molar-refractivity contribution is 7.84. The molecule has 0 saturated carbocycles. The molecule has 0 spiro atoms. The maximum atomic E-state index is 11.7. The van der Waals surface area contributed by atoms with Crippen LogP contribution in [0.5, 0.6) is 0 Å². The lowest BCUT2D eigenvalue weighted by Gasteiger charge is -2.40. The molecule has 3 heterocycles. The predicted octanol–water partition coefficient (Wildman–Crippen LogP) is -0.542. The Morgan fingerprint density at radius 1 is 1.50 bits per heavy atom. The minimum Gasteiger partial charge on any atom is -0.465 e. The highest BCUT2D eigenvalue weighted by Crippen LogP contribution is 2.45. The molecule has 3 fully saturated rings. The summed E-state index contributed by atoms with van der Waals surface area (Å²) < 4.78 is 29.5. The van der Waals surface area contributed by atoms with Crippen LogP contribution in [0.1, 0.15) is 12.8 Å². The molecule has 3 rings (SSSR count). The van der Waals surface area contributed by atoms with E-state index < -0.39 is 21.9 Å². The van der Waals surface area contributed by atoms with E-state index in [2.05, 4.69) is 0 Å². The zero-order chi connectivity index (χ0) is 11.6. The fourth-order valence-electron chi connectivity index (χ4n) is 3.03. The van der Waals surface area contributed by atoms with Crippen LogP contribution in [-0.2, 0) is 14.5 Å². The Kier molecular flexibility index (Phi) is 1.85. The zero-order valence-corrected chi connectivity index (χ0v) is 9.31. The number of hydrogen-bond donors (Lipinski definition) is 1. The number of hydrogen-bond acceptors (Lipinski definition) is 4. The summed E-state index contributed by atoms with van der Waals surface area (Å²) in [5, 5.41) is 8.97. The van der Waals surface area contributed by atoms with Crippen molar-refractivity contribution in [2.24, 2.45) is 0 Å². The van der Waals surface area contributed by atoms with Gasteiger partial charge in [0.2, 0.25) is 0 Å². The molecule has 7 nitrogen and oxygen atoms in total. The molecule has 0 unspecified atom stereocenters. The molecule has 0 aromatic rings. The van der Waals surface area contributed by atoms with E-state index in [0.717, 1.165) is 0 Å². The van der Waals surface area contributed by atoms with Gasteiger partial charge >= 0.3 is 16.4 Å². The van der Waals surface area contributed by atoms with E-state index in [4.69, 9.17) is 9.29 Å². The summed E-state index contributed by atoms with van der Waals surface area (Å²) in [7, 11) is -3.63. The molecule has 8 heteroatoms. The molecule has 3 aliphatic rings. The number of carbonyl (C=O) groups is 1. The SMILES string of the molecule is O=C(O)N1C[C@@H]2CC[C@]3(COS(=O)(=O)N23)C1. The second-order valence-electron chi connectivity index (χ2n) is 4.60. The van der Waals surface area contributed by atoms with Gasteiger partial charge in [0.1, 0.15) is 0 Å². The Morgan fingerprint density at radius 3 is 2.94 bits per heavy atom. The molecule has 90 valence electrons. The number of carboxylic acid groups (broad SMARTS) is 1. The maximum Gasteiger partial charge on any atom is 0.407 e. The minimum absolute atomic E-state index is 0.0790. The quantitative estimate of drug-likeness (QED) is 0.622. The number of piperazine rings is 1. The van der Waals surface area contributed by atoms with Gasteiger partial charge in [0.15, 0.2) is 0 Å². The average Bonchev–Trinajstić information content (AvgIpc) is 2.61. The van der Waals surface area contributed by atoms with Crippen LogP contribution in [0.15, 0.2) is 0 Å². The molecular formula is C8H12N2O5S. The van der Waals surface area contributed by atoms with E-state index in [9.17, 15) is 13.2 Å². The number of amides is 1. The molecule has 0 aromatic carbocycles. The van der Waals surface area contributed by atoms with Crippen LogP contribution >= 0.6 is 0 Å². The van der Waals surface area contributed by atoms with Crippen LogP contribution in [-0.4, -0.2) is 60.1 Å². The number of nitrogens with zero attached hydrogens (tertiary/aromatic N) is 2. The summed E-state index contributed by atoms with van der Waals surface area (Å²) in [5.41, 5.74) is -0.639. The summed E-state index contributed by atoms with van der Waals surface area (Å²) >= 11 is 0. The normalized spacial score (nSPS) is 41.0. The van der Waals surface area contributed by atoms with E-state index in [1.807, 2.05) is 0 Å². The van der Waals surface area contributed by atoms with Gasteiger partial charge in [-0.05, 0) is 12.8 Å². The zero-order valence-electron chi connectivity index (χ0n) is 8.50. The van der Waals surface area contributed by atoms with Crippen LogP contribution in [0.2, 0.25) is 0 Å². The van der Waals surface area contributed by atoms with Crippen LogP contribution in [0.3, 0.4) is 0 Å². The van der Waals surface area contributed by atoms with Crippen molar-refractivity contribution in [1.82, 2.24) is 9.21 Å². The summed E-state index contributed by atoms with van der Waals surface area (Å²) in [5.74, 6) is 0. The lowest BCUT2D eigenvalue weighted by molar-refractivity contribution is 0.0640. The van der Waals surface area contributed by atoms with Crippen LogP contribution in [0.25, 0.3) is 0 Å². The van der Waals surface area contributed by atoms with Gasteiger partial charge in [-0.2, -0.15) is 12.7 Å². The van der Waals surface area contributed by atoms with E-state index in [0.29, 0.717) is 12.8 Å². The van der Waals surface area contributed by atoms with Crippen molar-refractivity contribution < 1.29 is 22.5 Å². The molecule has 1 amide bonds. The summed E-state index contributed by atoms with van der Waals surface area (Å²) in [4.78, 5) is 12.2. The molecule has 2 atom stereocenters. The van der Waals surface area contributed by atoms with Gasteiger partial charge in [0, 0.05) is 19.1 Å². The standard InChI is InChI=1S/C8H12N2O5S/c11-7(12)9-3-6-1-2-8(4-9)5-15-16(13,14)10(6)8/h6H,1-5H2,(H,11,12)/t6-,8+/m0/s1. The molecule has 16 heavy (non-hydrogen) atoms. The molecular weight excluding hydrogens is 236 g/mol. The van der Waals surface area contributed by atoms with Gasteiger partial charge in [-0.25, -0.2) is 4.79 Å². The molecule has 3 aliphatic heterocycles. The Hall–Kier alpha value is -0.860. The van der Waals surface area contributed by atoms with Gasteiger partial charge in [-0.15, -0.1) is 0 Å². The van der Waals surface area contributed by atoms with E-state index in [-0.39, 0.29) is 25.7 Å². The second kappa shape index (κ2) is 2.88. The smallest absolute Gasteiger partial charge is 0.407 e. The molecule has 0 aliphatic carbocycles. The summed E-state index contributed by atoms with van der Waals surface area (Å²) in [6.45, 7) is 0.549. The monoisotopic (exact) mass is 248 g/mol. The highest BCUT2D eigenvalue weighted by atomic mass is 32.2. The highest BCUT2D eigenvalue weighted by Gasteiger charge is 2.62. The second-order valence-corrected chi connectivity index (χ2v) is 6.08.